The lowest BCUT2D eigenvalue weighted by atomic mass is 9.92. The number of carbonyl (C=O) groups excluding carboxylic acids is 1. The zero-order valence-corrected chi connectivity index (χ0v) is 11.3. The molecule has 2 rings (SSSR count). The highest BCUT2D eigenvalue weighted by molar-refractivity contribution is 5.89. The summed E-state index contributed by atoms with van der Waals surface area (Å²) in [5.74, 6) is 1.14. The molecule has 0 aliphatic carbocycles. The molecule has 1 saturated heterocycles. The number of anilines is 1. The first kappa shape index (κ1) is 13.1. The van der Waals surface area contributed by atoms with Crippen molar-refractivity contribution in [3.8, 4) is 0 Å². The Kier molecular flexibility index (Phi) is 3.71. The lowest BCUT2D eigenvalue weighted by Crippen LogP contribution is -2.18. The van der Waals surface area contributed by atoms with Crippen molar-refractivity contribution in [2.45, 2.75) is 39.0 Å². The van der Waals surface area contributed by atoms with Gasteiger partial charge in [0, 0.05) is 23.6 Å². The van der Waals surface area contributed by atoms with Gasteiger partial charge in [0.2, 0.25) is 5.91 Å². The third-order valence-corrected chi connectivity index (χ3v) is 3.29. The first-order chi connectivity index (χ1) is 8.45. The van der Waals surface area contributed by atoms with E-state index in [1.54, 1.807) is 0 Å². The Morgan fingerprint density at radius 1 is 1.56 bits per heavy atom. The van der Waals surface area contributed by atoms with Gasteiger partial charge in [-0.05, 0) is 25.4 Å². The van der Waals surface area contributed by atoms with E-state index in [1.807, 2.05) is 6.07 Å². The number of nitrogens with one attached hydrogen (secondary N) is 3. The summed E-state index contributed by atoms with van der Waals surface area (Å²) in [6.45, 7) is 8.29. The molecule has 3 N–H and O–H groups in total. The molecule has 0 radical (unpaired) electrons. The van der Waals surface area contributed by atoms with Gasteiger partial charge in [-0.2, -0.15) is 5.10 Å². The Labute approximate surface area is 108 Å². The van der Waals surface area contributed by atoms with Crippen molar-refractivity contribution in [3.63, 3.8) is 0 Å². The average molecular weight is 250 g/mol. The molecule has 1 unspecified atom stereocenters. The van der Waals surface area contributed by atoms with E-state index in [2.05, 4.69) is 41.6 Å². The number of amides is 1. The molecule has 5 nitrogen and oxygen atoms in total. The number of hydrogen-bond acceptors (Lipinski definition) is 3. The molecule has 100 valence electrons. The van der Waals surface area contributed by atoms with Gasteiger partial charge in [0.15, 0.2) is 5.82 Å². The first-order valence-corrected chi connectivity index (χ1v) is 6.51. The van der Waals surface area contributed by atoms with Gasteiger partial charge in [-0.3, -0.25) is 9.89 Å². The van der Waals surface area contributed by atoms with Gasteiger partial charge < -0.3 is 10.6 Å². The summed E-state index contributed by atoms with van der Waals surface area (Å²) in [6.07, 6.45) is 1.66. The van der Waals surface area contributed by atoms with Crippen LogP contribution in [0, 0.1) is 5.92 Å². The maximum absolute atomic E-state index is 11.8. The summed E-state index contributed by atoms with van der Waals surface area (Å²) >= 11 is 0. The van der Waals surface area contributed by atoms with Crippen molar-refractivity contribution in [1.29, 1.82) is 0 Å². The molecule has 1 aromatic heterocycles. The zero-order chi connectivity index (χ0) is 13.2. The van der Waals surface area contributed by atoms with Crippen molar-refractivity contribution < 1.29 is 4.79 Å². The second-order valence-corrected chi connectivity index (χ2v) is 6.03. The lowest BCUT2D eigenvalue weighted by Gasteiger charge is -2.14. The quantitative estimate of drug-likeness (QED) is 0.764. The summed E-state index contributed by atoms with van der Waals surface area (Å²) in [4.78, 5) is 11.8. The predicted octanol–water partition coefficient (Wildman–Crippen LogP) is 1.65. The van der Waals surface area contributed by atoms with E-state index in [0.29, 0.717) is 18.2 Å². The highest BCUT2D eigenvalue weighted by Gasteiger charge is 2.20. The molecule has 1 fully saturated rings. The van der Waals surface area contributed by atoms with Crippen LogP contribution in [0.1, 0.15) is 39.3 Å². The molecular weight excluding hydrogens is 228 g/mol. The van der Waals surface area contributed by atoms with Gasteiger partial charge in [-0.15, -0.1) is 0 Å². The van der Waals surface area contributed by atoms with E-state index in [9.17, 15) is 4.79 Å². The minimum atomic E-state index is 0.0192. The van der Waals surface area contributed by atoms with Crippen molar-refractivity contribution in [2.24, 2.45) is 5.92 Å². The minimum absolute atomic E-state index is 0.0192. The van der Waals surface area contributed by atoms with Crippen molar-refractivity contribution >= 4 is 11.7 Å². The van der Waals surface area contributed by atoms with E-state index in [0.717, 1.165) is 25.2 Å². The highest BCUT2D eigenvalue weighted by atomic mass is 16.1. The largest absolute Gasteiger partial charge is 0.316 e. The number of carbonyl (C=O) groups is 1. The first-order valence-electron chi connectivity index (χ1n) is 6.51. The van der Waals surface area contributed by atoms with Crippen LogP contribution in [0.2, 0.25) is 0 Å². The molecule has 0 aromatic carbocycles. The summed E-state index contributed by atoms with van der Waals surface area (Å²) < 4.78 is 0. The van der Waals surface area contributed by atoms with Gasteiger partial charge in [0.1, 0.15) is 0 Å². The molecule has 0 saturated carbocycles. The second-order valence-electron chi connectivity index (χ2n) is 6.03. The maximum Gasteiger partial charge on any atom is 0.225 e. The number of rotatable bonds is 3. The number of H-pyrrole nitrogens is 1. The van der Waals surface area contributed by atoms with Crippen LogP contribution in [0.25, 0.3) is 0 Å². The van der Waals surface area contributed by atoms with Gasteiger partial charge in [-0.25, -0.2) is 0 Å². The molecule has 1 aliphatic heterocycles. The summed E-state index contributed by atoms with van der Waals surface area (Å²) in [5, 5.41) is 13.2. The van der Waals surface area contributed by atoms with Crippen LogP contribution >= 0.6 is 0 Å². The fourth-order valence-electron chi connectivity index (χ4n) is 2.11. The summed E-state index contributed by atoms with van der Waals surface area (Å²) in [7, 11) is 0. The SMILES string of the molecule is CC(C)(C)c1cc(NC(=O)CC2CCNC2)n[nH]1. The van der Waals surface area contributed by atoms with E-state index in [-0.39, 0.29) is 11.3 Å². The molecule has 1 atom stereocenters. The van der Waals surface area contributed by atoms with Gasteiger partial charge in [0.05, 0.1) is 0 Å². The molecule has 1 aliphatic rings. The molecule has 18 heavy (non-hydrogen) atoms. The molecule has 2 heterocycles. The predicted molar refractivity (Wildman–Crippen MR) is 71.5 cm³/mol. The van der Waals surface area contributed by atoms with Crippen molar-refractivity contribution in [3.05, 3.63) is 11.8 Å². The molecule has 0 bridgehead atoms. The van der Waals surface area contributed by atoms with Crippen LogP contribution in [0.3, 0.4) is 0 Å². The van der Waals surface area contributed by atoms with E-state index in [4.69, 9.17) is 0 Å². The number of nitrogens with zero attached hydrogens (tertiary/aromatic N) is 1. The van der Waals surface area contributed by atoms with E-state index < -0.39 is 0 Å². The van der Waals surface area contributed by atoms with Crippen LogP contribution in [0.15, 0.2) is 6.07 Å². The number of aromatic nitrogens is 2. The lowest BCUT2D eigenvalue weighted by molar-refractivity contribution is -0.117. The van der Waals surface area contributed by atoms with Crippen LogP contribution in [0.4, 0.5) is 5.82 Å². The minimum Gasteiger partial charge on any atom is -0.316 e. The van der Waals surface area contributed by atoms with Gasteiger partial charge in [0.25, 0.3) is 0 Å². The Balaban J connectivity index is 1.88. The molecule has 1 aromatic rings. The Bertz CT molecular complexity index is 413. The fraction of sp³-hybridized carbons (Fsp3) is 0.692. The van der Waals surface area contributed by atoms with Crippen LogP contribution < -0.4 is 10.6 Å². The Morgan fingerprint density at radius 3 is 2.89 bits per heavy atom. The second kappa shape index (κ2) is 5.10. The fourth-order valence-corrected chi connectivity index (χ4v) is 2.11. The standard InChI is InChI=1S/C13H22N4O/c1-13(2,3)10-7-11(17-16-10)15-12(18)6-9-4-5-14-8-9/h7,9,14H,4-6,8H2,1-3H3,(H2,15,16,17,18). The Morgan fingerprint density at radius 2 is 2.33 bits per heavy atom. The van der Waals surface area contributed by atoms with Gasteiger partial charge >= 0.3 is 0 Å². The van der Waals surface area contributed by atoms with Crippen LogP contribution in [-0.4, -0.2) is 29.2 Å². The molecule has 0 spiro atoms. The topological polar surface area (TPSA) is 69.8 Å². The summed E-state index contributed by atoms with van der Waals surface area (Å²) in [5.41, 5.74) is 1.05. The van der Waals surface area contributed by atoms with Crippen LogP contribution in [-0.2, 0) is 10.2 Å². The smallest absolute Gasteiger partial charge is 0.225 e. The summed E-state index contributed by atoms with van der Waals surface area (Å²) in [6, 6.07) is 1.91. The third-order valence-electron chi connectivity index (χ3n) is 3.29. The zero-order valence-electron chi connectivity index (χ0n) is 11.3. The van der Waals surface area contributed by atoms with Crippen molar-refractivity contribution in [2.75, 3.05) is 18.4 Å². The van der Waals surface area contributed by atoms with Crippen molar-refractivity contribution in [1.82, 2.24) is 15.5 Å². The molecule has 5 heteroatoms. The third kappa shape index (κ3) is 3.32. The number of aromatic amines is 1. The maximum atomic E-state index is 11.8. The molecular formula is C13H22N4O. The highest BCUT2D eigenvalue weighted by Crippen LogP contribution is 2.22. The molecule has 1 amide bonds. The average Bonchev–Trinajstić information content (AvgIpc) is 2.87. The Hall–Kier alpha value is -1.36. The van der Waals surface area contributed by atoms with Gasteiger partial charge in [-0.1, -0.05) is 20.8 Å². The van der Waals surface area contributed by atoms with Crippen LogP contribution in [0.5, 0.6) is 0 Å². The monoisotopic (exact) mass is 250 g/mol. The van der Waals surface area contributed by atoms with E-state index >= 15 is 0 Å². The number of hydrogen-bond donors (Lipinski definition) is 3. The van der Waals surface area contributed by atoms with E-state index in [1.165, 1.54) is 0 Å². The normalized spacial score (nSPS) is 20.1.